The average molecular weight is 418 g/mol. The number of amides is 1. The molecule has 0 unspecified atom stereocenters. The minimum atomic E-state index is -0.308. The van der Waals surface area contributed by atoms with Crippen LogP contribution in [0.4, 0.5) is 5.69 Å². The Bertz CT molecular complexity index is 867. The fraction of sp³-hybridized carbons (Fsp3) is 0.176. The van der Waals surface area contributed by atoms with Crippen LogP contribution in [0.15, 0.2) is 58.4 Å². The van der Waals surface area contributed by atoms with Crippen LogP contribution in [0.25, 0.3) is 11.4 Å². The predicted octanol–water partition coefficient (Wildman–Crippen LogP) is 3.76. The second kappa shape index (κ2) is 7.79. The zero-order valence-corrected chi connectivity index (χ0v) is 16.1. The second-order valence-electron chi connectivity index (χ2n) is 5.36. The van der Waals surface area contributed by atoms with Crippen molar-refractivity contribution in [3.63, 3.8) is 0 Å². The highest BCUT2D eigenvalue weighted by molar-refractivity contribution is 9.10. The Morgan fingerprint density at radius 3 is 2.52 bits per heavy atom. The molecule has 6 nitrogen and oxygen atoms in total. The fourth-order valence-corrected chi connectivity index (χ4v) is 3.24. The lowest BCUT2D eigenvalue weighted by Crippen LogP contribution is -2.22. The van der Waals surface area contributed by atoms with Crippen molar-refractivity contribution in [2.75, 3.05) is 5.32 Å². The summed E-state index contributed by atoms with van der Waals surface area (Å²) in [5.41, 5.74) is 1.69. The van der Waals surface area contributed by atoms with Crippen molar-refractivity contribution in [1.82, 2.24) is 19.7 Å². The number of nitrogens with one attached hydrogen (secondary N) is 1. The van der Waals surface area contributed by atoms with Gasteiger partial charge in [0.2, 0.25) is 5.91 Å². The average Bonchev–Trinajstić information content (AvgIpc) is 2.98. The van der Waals surface area contributed by atoms with Crippen molar-refractivity contribution in [2.24, 2.45) is 7.05 Å². The molecule has 2 aromatic heterocycles. The molecule has 0 spiro atoms. The predicted molar refractivity (Wildman–Crippen MR) is 102 cm³/mol. The summed E-state index contributed by atoms with van der Waals surface area (Å²) in [6, 6.07) is 11.2. The maximum absolute atomic E-state index is 12.4. The second-order valence-corrected chi connectivity index (χ2v) is 7.58. The summed E-state index contributed by atoms with van der Waals surface area (Å²) in [6.45, 7) is 1.85. The molecule has 0 bridgehead atoms. The molecule has 1 N–H and O–H groups in total. The largest absolute Gasteiger partial charge is 0.325 e. The first-order chi connectivity index (χ1) is 12.0. The lowest BCUT2D eigenvalue weighted by atomic mass is 10.2. The third-order valence-electron chi connectivity index (χ3n) is 3.54. The maximum atomic E-state index is 12.4. The van der Waals surface area contributed by atoms with E-state index in [1.54, 1.807) is 12.4 Å². The van der Waals surface area contributed by atoms with Gasteiger partial charge in [0.25, 0.3) is 0 Å². The molecule has 8 heteroatoms. The Morgan fingerprint density at radius 1 is 1.16 bits per heavy atom. The fourth-order valence-electron chi connectivity index (χ4n) is 2.16. The lowest BCUT2D eigenvalue weighted by molar-refractivity contribution is -0.115. The number of carbonyl (C=O) groups excluding carboxylic acids is 1. The van der Waals surface area contributed by atoms with E-state index in [2.05, 4.69) is 36.4 Å². The van der Waals surface area contributed by atoms with Gasteiger partial charge in [0.15, 0.2) is 11.0 Å². The van der Waals surface area contributed by atoms with Crippen molar-refractivity contribution in [2.45, 2.75) is 17.3 Å². The van der Waals surface area contributed by atoms with Gasteiger partial charge in [-0.1, -0.05) is 27.7 Å². The number of benzene rings is 1. The van der Waals surface area contributed by atoms with Gasteiger partial charge in [-0.05, 0) is 43.3 Å². The van der Waals surface area contributed by atoms with E-state index in [1.165, 1.54) is 11.8 Å². The molecule has 0 saturated carbocycles. The van der Waals surface area contributed by atoms with Crippen LogP contribution in [0, 0.1) is 0 Å². The summed E-state index contributed by atoms with van der Waals surface area (Å²) in [4.78, 5) is 16.4. The van der Waals surface area contributed by atoms with Crippen LogP contribution in [0.2, 0.25) is 0 Å². The van der Waals surface area contributed by atoms with E-state index >= 15 is 0 Å². The molecule has 0 aliphatic carbocycles. The molecule has 3 aromatic rings. The molecule has 1 amide bonds. The van der Waals surface area contributed by atoms with Crippen LogP contribution in [0.3, 0.4) is 0 Å². The van der Waals surface area contributed by atoms with Crippen molar-refractivity contribution < 1.29 is 4.79 Å². The molecule has 0 saturated heterocycles. The maximum Gasteiger partial charge on any atom is 0.237 e. The number of hydrogen-bond donors (Lipinski definition) is 1. The molecule has 0 fully saturated rings. The number of pyridine rings is 1. The summed E-state index contributed by atoms with van der Waals surface area (Å²) in [6.07, 6.45) is 3.43. The zero-order chi connectivity index (χ0) is 17.8. The molecule has 25 heavy (non-hydrogen) atoms. The molecule has 0 aliphatic heterocycles. The van der Waals surface area contributed by atoms with E-state index in [4.69, 9.17) is 0 Å². The number of rotatable bonds is 5. The first kappa shape index (κ1) is 17.6. The number of hydrogen-bond acceptors (Lipinski definition) is 5. The van der Waals surface area contributed by atoms with E-state index < -0.39 is 0 Å². The topological polar surface area (TPSA) is 72.7 Å². The SMILES string of the molecule is C[C@H](Sc1nnc(-c2ccncc2)n1C)C(=O)Nc1ccc(Br)cc1. The van der Waals surface area contributed by atoms with Gasteiger partial charge in [0.1, 0.15) is 0 Å². The molecule has 1 atom stereocenters. The Balaban J connectivity index is 1.68. The first-order valence-corrected chi connectivity index (χ1v) is 9.25. The highest BCUT2D eigenvalue weighted by Gasteiger charge is 2.19. The van der Waals surface area contributed by atoms with Crippen LogP contribution < -0.4 is 5.32 Å². The smallest absolute Gasteiger partial charge is 0.237 e. The van der Waals surface area contributed by atoms with Gasteiger partial charge in [-0.15, -0.1) is 10.2 Å². The van der Waals surface area contributed by atoms with Crippen molar-refractivity contribution >= 4 is 39.3 Å². The van der Waals surface area contributed by atoms with Crippen molar-refractivity contribution in [3.05, 3.63) is 53.3 Å². The minimum absolute atomic E-state index is 0.0826. The number of nitrogens with zero attached hydrogens (tertiary/aromatic N) is 4. The number of halogens is 1. The molecule has 0 aliphatic rings. The molecule has 2 heterocycles. The summed E-state index contributed by atoms with van der Waals surface area (Å²) >= 11 is 4.74. The van der Waals surface area contributed by atoms with E-state index in [0.29, 0.717) is 5.16 Å². The lowest BCUT2D eigenvalue weighted by Gasteiger charge is -2.11. The van der Waals surface area contributed by atoms with Crippen molar-refractivity contribution in [1.29, 1.82) is 0 Å². The summed E-state index contributed by atoms with van der Waals surface area (Å²) in [5, 5.41) is 11.7. The van der Waals surface area contributed by atoms with Crippen LogP contribution in [-0.4, -0.2) is 30.9 Å². The van der Waals surface area contributed by atoms with Crippen LogP contribution in [-0.2, 0) is 11.8 Å². The van der Waals surface area contributed by atoms with Gasteiger partial charge >= 0.3 is 0 Å². The zero-order valence-electron chi connectivity index (χ0n) is 13.7. The van der Waals surface area contributed by atoms with E-state index in [-0.39, 0.29) is 11.2 Å². The molecule has 128 valence electrons. The monoisotopic (exact) mass is 417 g/mol. The number of anilines is 1. The third kappa shape index (κ3) is 4.26. The standard InChI is InChI=1S/C17H16BrN5OS/c1-11(16(24)20-14-5-3-13(18)4-6-14)25-17-22-21-15(23(17)2)12-7-9-19-10-8-12/h3-11H,1-2H3,(H,20,24)/t11-/m0/s1. The van der Waals surface area contributed by atoms with Gasteiger partial charge in [0.05, 0.1) is 5.25 Å². The van der Waals surface area contributed by atoms with Crippen LogP contribution in [0.1, 0.15) is 6.92 Å². The van der Waals surface area contributed by atoms with E-state index in [0.717, 1.165) is 21.5 Å². The molecule has 0 radical (unpaired) electrons. The summed E-state index contributed by atoms with van der Waals surface area (Å²) < 4.78 is 2.85. The molecular formula is C17H16BrN5OS. The number of thioether (sulfide) groups is 1. The number of carbonyl (C=O) groups is 1. The Labute approximate surface area is 158 Å². The van der Waals surface area contributed by atoms with Crippen molar-refractivity contribution in [3.8, 4) is 11.4 Å². The molecular weight excluding hydrogens is 402 g/mol. The van der Waals surface area contributed by atoms with Crippen LogP contribution >= 0.6 is 27.7 Å². The van der Waals surface area contributed by atoms with E-state index in [1.807, 2.05) is 54.9 Å². The quantitative estimate of drug-likeness (QED) is 0.639. The number of aromatic nitrogens is 4. The summed E-state index contributed by atoms with van der Waals surface area (Å²) in [5.74, 6) is 0.659. The van der Waals surface area contributed by atoms with Gasteiger partial charge in [-0.2, -0.15) is 0 Å². The van der Waals surface area contributed by atoms with Gasteiger partial charge in [0, 0.05) is 35.2 Å². The Kier molecular flexibility index (Phi) is 5.50. The first-order valence-electron chi connectivity index (χ1n) is 7.57. The minimum Gasteiger partial charge on any atom is -0.325 e. The van der Waals surface area contributed by atoms with Gasteiger partial charge in [-0.3, -0.25) is 9.78 Å². The van der Waals surface area contributed by atoms with Gasteiger partial charge in [-0.25, -0.2) is 0 Å². The van der Waals surface area contributed by atoms with Gasteiger partial charge < -0.3 is 9.88 Å². The molecule has 1 aromatic carbocycles. The highest BCUT2D eigenvalue weighted by atomic mass is 79.9. The highest BCUT2D eigenvalue weighted by Crippen LogP contribution is 2.26. The van der Waals surface area contributed by atoms with Crippen LogP contribution in [0.5, 0.6) is 0 Å². The van der Waals surface area contributed by atoms with E-state index in [9.17, 15) is 4.79 Å². The third-order valence-corrected chi connectivity index (χ3v) is 5.20. The molecule has 3 rings (SSSR count). The Morgan fingerprint density at radius 2 is 1.84 bits per heavy atom. The Hall–Kier alpha value is -2.19. The summed E-state index contributed by atoms with van der Waals surface area (Å²) in [7, 11) is 1.89. The normalized spacial score (nSPS) is 12.0.